The molecular weight excluding hydrogens is 148 g/mol. The van der Waals surface area contributed by atoms with Crippen molar-refractivity contribution >= 4 is 0 Å². The summed E-state index contributed by atoms with van der Waals surface area (Å²) in [5.41, 5.74) is 11.1. The lowest BCUT2D eigenvalue weighted by Gasteiger charge is -2.12. The van der Waals surface area contributed by atoms with Crippen molar-refractivity contribution in [3.05, 3.63) is 0 Å². The molecule has 2 nitrogen and oxygen atoms in total. The van der Waals surface area contributed by atoms with Gasteiger partial charge in [0.15, 0.2) is 0 Å². The van der Waals surface area contributed by atoms with Crippen molar-refractivity contribution in [3.63, 3.8) is 0 Å². The highest BCUT2D eigenvalue weighted by Crippen LogP contribution is 2.12. The molecule has 4 N–H and O–H groups in total. The van der Waals surface area contributed by atoms with Crippen LogP contribution in [0.5, 0.6) is 0 Å². The molecule has 12 heavy (non-hydrogen) atoms. The van der Waals surface area contributed by atoms with E-state index in [1.165, 1.54) is 32.1 Å². The summed E-state index contributed by atoms with van der Waals surface area (Å²) in [4.78, 5) is 0. The Bertz CT molecular complexity index is 83.9. The topological polar surface area (TPSA) is 52.0 Å². The van der Waals surface area contributed by atoms with Crippen LogP contribution in [0.4, 0.5) is 0 Å². The van der Waals surface area contributed by atoms with Gasteiger partial charge in [0, 0.05) is 0 Å². The molecule has 0 radical (unpaired) electrons. The van der Waals surface area contributed by atoms with E-state index in [1.807, 2.05) is 0 Å². The standard InChI is InChI=1S/C10H24N2/c1-2-3-4-5-6-10(9-12)7-8-11/h10H,2-9,11-12H2,1H3. The fourth-order valence-electron chi connectivity index (χ4n) is 1.48. The van der Waals surface area contributed by atoms with Crippen molar-refractivity contribution in [3.8, 4) is 0 Å². The quantitative estimate of drug-likeness (QED) is 0.549. The zero-order chi connectivity index (χ0) is 9.23. The van der Waals surface area contributed by atoms with Crippen LogP contribution >= 0.6 is 0 Å². The zero-order valence-electron chi connectivity index (χ0n) is 8.39. The first-order valence-corrected chi connectivity index (χ1v) is 5.25. The minimum Gasteiger partial charge on any atom is -0.330 e. The lowest BCUT2D eigenvalue weighted by Crippen LogP contribution is -2.18. The van der Waals surface area contributed by atoms with Crippen molar-refractivity contribution in [2.75, 3.05) is 13.1 Å². The van der Waals surface area contributed by atoms with Crippen molar-refractivity contribution in [1.29, 1.82) is 0 Å². The number of unbranched alkanes of at least 4 members (excludes halogenated alkanes) is 3. The molecule has 0 fully saturated rings. The van der Waals surface area contributed by atoms with Gasteiger partial charge in [0.25, 0.3) is 0 Å². The molecule has 0 amide bonds. The second-order valence-corrected chi connectivity index (χ2v) is 3.53. The molecule has 1 unspecified atom stereocenters. The van der Waals surface area contributed by atoms with Gasteiger partial charge in [-0.1, -0.05) is 32.6 Å². The summed E-state index contributed by atoms with van der Waals surface area (Å²) in [7, 11) is 0. The Morgan fingerprint density at radius 3 is 2.25 bits per heavy atom. The van der Waals surface area contributed by atoms with E-state index in [0.29, 0.717) is 5.92 Å². The molecule has 0 aliphatic carbocycles. The van der Waals surface area contributed by atoms with Crippen LogP contribution in [0.25, 0.3) is 0 Å². The highest BCUT2D eigenvalue weighted by molar-refractivity contribution is 4.60. The molecule has 0 spiro atoms. The third kappa shape index (κ3) is 6.62. The second kappa shape index (κ2) is 9.01. The average Bonchev–Trinajstić information content (AvgIpc) is 2.10. The lowest BCUT2D eigenvalue weighted by molar-refractivity contribution is 0.440. The van der Waals surface area contributed by atoms with E-state index in [1.54, 1.807) is 0 Å². The first kappa shape index (κ1) is 11.9. The Kier molecular flexibility index (Phi) is 8.95. The van der Waals surface area contributed by atoms with Crippen molar-refractivity contribution < 1.29 is 0 Å². The summed E-state index contributed by atoms with van der Waals surface area (Å²) in [5, 5.41) is 0. The van der Waals surface area contributed by atoms with Gasteiger partial charge in [0.2, 0.25) is 0 Å². The third-order valence-corrected chi connectivity index (χ3v) is 2.37. The lowest BCUT2D eigenvalue weighted by atomic mass is 9.98. The summed E-state index contributed by atoms with van der Waals surface area (Å²) in [5.74, 6) is 0.673. The fourth-order valence-corrected chi connectivity index (χ4v) is 1.48. The van der Waals surface area contributed by atoms with Gasteiger partial charge in [0.1, 0.15) is 0 Å². The Hall–Kier alpha value is -0.0800. The van der Waals surface area contributed by atoms with Crippen LogP contribution < -0.4 is 11.5 Å². The van der Waals surface area contributed by atoms with Crippen LogP contribution in [0.3, 0.4) is 0 Å². The SMILES string of the molecule is CCCCCCC(CN)CCN. The van der Waals surface area contributed by atoms with E-state index in [9.17, 15) is 0 Å². The van der Waals surface area contributed by atoms with Gasteiger partial charge in [-0.3, -0.25) is 0 Å². The third-order valence-electron chi connectivity index (χ3n) is 2.37. The summed E-state index contributed by atoms with van der Waals surface area (Å²) >= 11 is 0. The predicted octanol–water partition coefficient (Wildman–Crippen LogP) is 1.88. The molecule has 0 heterocycles. The fraction of sp³-hybridized carbons (Fsp3) is 1.00. The molecule has 0 aromatic heterocycles. The monoisotopic (exact) mass is 172 g/mol. The smallest absolute Gasteiger partial charge is 0.00484 e. The van der Waals surface area contributed by atoms with E-state index >= 15 is 0 Å². The molecule has 0 saturated carbocycles. The Balaban J connectivity index is 3.19. The van der Waals surface area contributed by atoms with Crippen LogP contribution in [0.2, 0.25) is 0 Å². The second-order valence-electron chi connectivity index (χ2n) is 3.53. The van der Waals surface area contributed by atoms with Crippen LogP contribution in [0.15, 0.2) is 0 Å². The molecule has 0 saturated heterocycles. The molecule has 74 valence electrons. The van der Waals surface area contributed by atoms with Gasteiger partial charge < -0.3 is 11.5 Å². The zero-order valence-corrected chi connectivity index (χ0v) is 8.39. The molecule has 0 rings (SSSR count). The van der Waals surface area contributed by atoms with Crippen molar-refractivity contribution in [2.45, 2.75) is 45.4 Å². The van der Waals surface area contributed by atoms with Gasteiger partial charge in [0.05, 0.1) is 0 Å². The highest BCUT2D eigenvalue weighted by atomic mass is 14.6. The number of hydrogen-bond acceptors (Lipinski definition) is 2. The van der Waals surface area contributed by atoms with Crippen LogP contribution in [-0.4, -0.2) is 13.1 Å². The summed E-state index contributed by atoms with van der Waals surface area (Å²) in [6.45, 7) is 3.83. The largest absolute Gasteiger partial charge is 0.330 e. The molecule has 0 aliphatic heterocycles. The number of nitrogens with two attached hydrogens (primary N) is 2. The molecule has 0 aromatic carbocycles. The van der Waals surface area contributed by atoms with Gasteiger partial charge >= 0.3 is 0 Å². The maximum absolute atomic E-state index is 5.62. The predicted molar refractivity (Wildman–Crippen MR) is 55.0 cm³/mol. The molecule has 0 aromatic rings. The van der Waals surface area contributed by atoms with E-state index in [2.05, 4.69) is 6.92 Å². The highest BCUT2D eigenvalue weighted by Gasteiger charge is 2.03. The minimum absolute atomic E-state index is 0.673. The van der Waals surface area contributed by atoms with Crippen LogP contribution in [-0.2, 0) is 0 Å². The van der Waals surface area contributed by atoms with E-state index < -0.39 is 0 Å². The minimum atomic E-state index is 0.673. The van der Waals surface area contributed by atoms with Crippen molar-refractivity contribution in [1.82, 2.24) is 0 Å². The number of rotatable bonds is 8. The summed E-state index contributed by atoms with van der Waals surface area (Å²) in [6, 6.07) is 0. The van der Waals surface area contributed by atoms with E-state index in [0.717, 1.165) is 19.5 Å². The maximum atomic E-state index is 5.62. The van der Waals surface area contributed by atoms with Gasteiger partial charge in [-0.25, -0.2) is 0 Å². The Morgan fingerprint density at radius 1 is 1.00 bits per heavy atom. The molecule has 2 heteroatoms. The molecule has 0 bridgehead atoms. The van der Waals surface area contributed by atoms with Gasteiger partial charge in [-0.05, 0) is 31.8 Å². The Labute approximate surface area is 76.7 Å². The Morgan fingerprint density at radius 2 is 1.75 bits per heavy atom. The molecule has 0 aliphatic rings. The first-order valence-electron chi connectivity index (χ1n) is 5.25. The van der Waals surface area contributed by atoms with Gasteiger partial charge in [-0.15, -0.1) is 0 Å². The van der Waals surface area contributed by atoms with E-state index in [4.69, 9.17) is 11.5 Å². The van der Waals surface area contributed by atoms with Crippen LogP contribution in [0.1, 0.15) is 45.4 Å². The van der Waals surface area contributed by atoms with Crippen molar-refractivity contribution in [2.24, 2.45) is 17.4 Å². The van der Waals surface area contributed by atoms with Gasteiger partial charge in [-0.2, -0.15) is 0 Å². The van der Waals surface area contributed by atoms with Crippen LogP contribution in [0, 0.1) is 5.92 Å². The van der Waals surface area contributed by atoms with E-state index in [-0.39, 0.29) is 0 Å². The summed E-state index contributed by atoms with van der Waals surface area (Å²) < 4.78 is 0. The molecule has 1 atom stereocenters. The number of hydrogen-bond donors (Lipinski definition) is 2. The summed E-state index contributed by atoms with van der Waals surface area (Å²) in [6.07, 6.45) is 7.73. The maximum Gasteiger partial charge on any atom is -0.00484 e. The first-order chi connectivity index (χ1) is 5.85. The normalized spacial score (nSPS) is 13.2. The average molecular weight is 172 g/mol. The molecular formula is C10H24N2.